The van der Waals surface area contributed by atoms with E-state index in [1.54, 1.807) is 0 Å². The minimum Gasteiger partial charge on any atom is -0.488 e. The van der Waals surface area contributed by atoms with Crippen molar-refractivity contribution in [2.75, 3.05) is 18.1 Å². The Balaban J connectivity index is 2.13. The molecular weight excluding hydrogens is 212 g/mol. The van der Waals surface area contributed by atoms with Gasteiger partial charge in [0.05, 0.1) is 0 Å². The van der Waals surface area contributed by atoms with Gasteiger partial charge in [-0.05, 0) is 6.07 Å². The van der Waals surface area contributed by atoms with Gasteiger partial charge in [0.15, 0.2) is 0 Å². The molecule has 0 N–H and O–H groups in total. The molecule has 0 radical (unpaired) electrons. The Bertz CT molecular complexity index is 398. The van der Waals surface area contributed by atoms with Crippen molar-refractivity contribution in [3.05, 3.63) is 34.7 Å². The molecule has 0 aromatic heterocycles. The van der Waals surface area contributed by atoms with E-state index in [0.717, 1.165) is 12.4 Å². The summed E-state index contributed by atoms with van der Waals surface area (Å²) in [4.78, 5) is 2.86. The molecule has 0 fully saturated rings. The topological polar surface area (TPSA) is 9.23 Å². The van der Waals surface area contributed by atoms with Gasteiger partial charge in [0.1, 0.15) is 12.4 Å². The van der Waals surface area contributed by atoms with Crippen LogP contribution in [0, 0.1) is 0 Å². The minimum absolute atomic E-state index is 0.768. The zero-order valence-electron chi connectivity index (χ0n) is 7.66. The zero-order valence-corrected chi connectivity index (χ0v) is 9.29. The Morgan fingerprint density at radius 3 is 2.93 bits per heavy atom. The third-order valence-electron chi connectivity index (χ3n) is 2.35. The van der Waals surface area contributed by atoms with Crippen LogP contribution in [0.3, 0.4) is 0 Å². The molecular formula is C11H10OS2. The van der Waals surface area contributed by atoms with Crippen molar-refractivity contribution in [2.24, 2.45) is 0 Å². The number of para-hydroxylation sites is 1. The summed E-state index contributed by atoms with van der Waals surface area (Å²) in [5.41, 5.74) is 1.28. The molecule has 2 aliphatic rings. The molecule has 0 atom stereocenters. The van der Waals surface area contributed by atoms with Gasteiger partial charge in [0.25, 0.3) is 0 Å². The van der Waals surface area contributed by atoms with E-state index >= 15 is 0 Å². The second-order valence-electron chi connectivity index (χ2n) is 3.23. The van der Waals surface area contributed by atoms with Gasteiger partial charge in [-0.25, -0.2) is 0 Å². The number of hydrogen-bond donors (Lipinski definition) is 0. The molecule has 0 bridgehead atoms. The van der Waals surface area contributed by atoms with Crippen molar-refractivity contribution in [1.29, 1.82) is 0 Å². The largest absolute Gasteiger partial charge is 0.488 e. The third-order valence-corrected chi connectivity index (χ3v) is 4.98. The van der Waals surface area contributed by atoms with E-state index in [-0.39, 0.29) is 0 Å². The van der Waals surface area contributed by atoms with Crippen LogP contribution in [0.15, 0.2) is 29.2 Å². The van der Waals surface area contributed by atoms with Crippen LogP contribution in [-0.4, -0.2) is 18.1 Å². The predicted octanol–water partition coefficient (Wildman–Crippen LogP) is 3.23. The van der Waals surface area contributed by atoms with Gasteiger partial charge in [-0.15, -0.1) is 23.5 Å². The van der Waals surface area contributed by atoms with Crippen LogP contribution in [0.4, 0.5) is 0 Å². The van der Waals surface area contributed by atoms with Gasteiger partial charge in [0.2, 0.25) is 0 Å². The van der Waals surface area contributed by atoms with E-state index in [4.69, 9.17) is 4.74 Å². The number of rotatable bonds is 0. The summed E-state index contributed by atoms with van der Waals surface area (Å²) in [6.45, 7) is 0.768. The SMILES string of the molecule is c1ccc2c(c1)OCC1=C2SCCS1. The molecule has 0 spiro atoms. The second-order valence-corrected chi connectivity index (χ2v) is 5.53. The molecule has 1 aromatic rings. The van der Waals surface area contributed by atoms with E-state index < -0.39 is 0 Å². The summed E-state index contributed by atoms with van der Waals surface area (Å²) in [5.74, 6) is 3.48. The molecule has 72 valence electrons. The number of hydrogen-bond acceptors (Lipinski definition) is 3. The summed E-state index contributed by atoms with van der Waals surface area (Å²) >= 11 is 3.91. The lowest BCUT2D eigenvalue weighted by Crippen LogP contribution is -2.11. The van der Waals surface area contributed by atoms with Crippen molar-refractivity contribution in [3.8, 4) is 5.75 Å². The van der Waals surface area contributed by atoms with Gasteiger partial charge in [-0.3, -0.25) is 0 Å². The van der Waals surface area contributed by atoms with Crippen LogP contribution in [0.1, 0.15) is 5.56 Å². The fourth-order valence-corrected chi connectivity index (χ4v) is 4.11. The predicted molar refractivity (Wildman–Crippen MR) is 63.8 cm³/mol. The number of benzene rings is 1. The lowest BCUT2D eigenvalue weighted by molar-refractivity contribution is 0.355. The highest BCUT2D eigenvalue weighted by Gasteiger charge is 2.22. The van der Waals surface area contributed by atoms with Gasteiger partial charge in [-0.1, -0.05) is 18.2 Å². The first kappa shape index (κ1) is 8.74. The number of fused-ring (bicyclic) bond motifs is 2. The van der Waals surface area contributed by atoms with Crippen molar-refractivity contribution in [1.82, 2.24) is 0 Å². The molecule has 1 nitrogen and oxygen atoms in total. The third kappa shape index (κ3) is 1.35. The Kier molecular flexibility index (Phi) is 2.22. The van der Waals surface area contributed by atoms with Gasteiger partial charge < -0.3 is 4.74 Å². The number of ether oxygens (including phenoxy) is 1. The maximum Gasteiger partial charge on any atom is 0.128 e. The normalized spacial score (nSPS) is 19.7. The van der Waals surface area contributed by atoms with Gasteiger partial charge >= 0.3 is 0 Å². The van der Waals surface area contributed by atoms with E-state index in [9.17, 15) is 0 Å². The zero-order chi connectivity index (χ0) is 9.38. The first-order valence-corrected chi connectivity index (χ1v) is 6.63. The summed E-state index contributed by atoms with van der Waals surface area (Å²) in [6.07, 6.45) is 0. The molecule has 0 unspecified atom stereocenters. The summed E-state index contributed by atoms with van der Waals surface area (Å²) in [7, 11) is 0. The highest BCUT2D eigenvalue weighted by molar-refractivity contribution is 8.13. The molecule has 3 heteroatoms. The van der Waals surface area contributed by atoms with E-state index in [2.05, 4.69) is 18.2 Å². The summed E-state index contributed by atoms with van der Waals surface area (Å²) in [6, 6.07) is 8.32. The van der Waals surface area contributed by atoms with Gasteiger partial charge in [0, 0.05) is 26.9 Å². The van der Waals surface area contributed by atoms with Gasteiger partial charge in [-0.2, -0.15) is 0 Å². The van der Waals surface area contributed by atoms with E-state index in [0.29, 0.717) is 0 Å². The van der Waals surface area contributed by atoms with Crippen molar-refractivity contribution >= 4 is 28.4 Å². The monoisotopic (exact) mass is 222 g/mol. The first-order chi connectivity index (χ1) is 6.95. The van der Waals surface area contributed by atoms with Crippen LogP contribution < -0.4 is 4.74 Å². The Morgan fingerprint density at radius 1 is 1.07 bits per heavy atom. The molecule has 0 amide bonds. The molecule has 14 heavy (non-hydrogen) atoms. The van der Waals surface area contributed by atoms with Crippen LogP contribution >= 0.6 is 23.5 Å². The van der Waals surface area contributed by atoms with Crippen LogP contribution in [-0.2, 0) is 0 Å². The average Bonchev–Trinajstić information content (AvgIpc) is 2.29. The second kappa shape index (κ2) is 3.55. The van der Waals surface area contributed by atoms with Crippen molar-refractivity contribution in [2.45, 2.75) is 0 Å². The van der Waals surface area contributed by atoms with Crippen LogP contribution in [0.5, 0.6) is 5.75 Å². The van der Waals surface area contributed by atoms with E-state index in [1.165, 1.54) is 26.9 Å². The first-order valence-electron chi connectivity index (χ1n) is 4.66. The lowest BCUT2D eigenvalue weighted by atomic mass is 10.1. The molecule has 2 heterocycles. The van der Waals surface area contributed by atoms with Crippen molar-refractivity contribution < 1.29 is 4.74 Å². The highest BCUT2D eigenvalue weighted by Crippen LogP contribution is 2.46. The maximum absolute atomic E-state index is 5.70. The molecule has 2 aliphatic heterocycles. The Morgan fingerprint density at radius 2 is 1.93 bits per heavy atom. The molecule has 0 aliphatic carbocycles. The fraction of sp³-hybridized carbons (Fsp3) is 0.273. The number of thioether (sulfide) groups is 2. The molecule has 1 aromatic carbocycles. The Labute approximate surface area is 91.9 Å². The van der Waals surface area contributed by atoms with E-state index in [1.807, 2.05) is 29.6 Å². The molecule has 0 saturated carbocycles. The average molecular weight is 222 g/mol. The summed E-state index contributed by atoms with van der Waals surface area (Å²) < 4.78 is 5.70. The quantitative estimate of drug-likeness (QED) is 0.667. The van der Waals surface area contributed by atoms with Crippen LogP contribution in [0.2, 0.25) is 0 Å². The summed E-state index contributed by atoms with van der Waals surface area (Å²) in [5, 5.41) is 0. The molecule has 3 rings (SSSR count). The molecule has 0 saturated heterocycles. The lowest BCUT2D eigenvalue weighted by Gasteiger charge is -2.26. The van der Waals surface area contributed by atoms with Crippen LogP contribution in [0.25, 0.3) is 4.91 Å². The highest BCUT2D eigenvalue weighted by atomic mass is 32.2. The Hall–Kier alpha value is -0.540. The minimum atomic E-state index is 0.768. The standard InChI is InChI=1S/C11H10OS2/c1-2-4-9-8(3-1)11-10(7-12-9)13-5-6-14-11/h1-4H,5-7H2. The van der Waals surface area contributed by atoms with Crippen molar-refractivity contribution in [3.63, 3.8) is 0 Å². The fourth-order valence-electron chi connectivity index (χ4n) is 1.71. The maximum atomic E-state index is 5.70. The smallest absolute Gasteiger partial charge is 0.128 e.